The molecule has 2 heterocycles. The van der Waals surface area contributed by atoms with E-state index in [-0.39, 0.29) is 0 Å². The van der Waals surface area contributed by atoms with Gasteiger partial charge in [-0.05, 0) is 12.8 Å². The van der Waals surface area contributed by atoms with Crippen LogP contribution in [-0.4, -0.2) is 127 Å². The third kappa shape index (κ3) is 8.25. The summed E-state index contributed by atoms with van der Waals surface area (Å²) in [5.74, 6) is 0. The van der Waals surface area contributed by atoms with Crippen LogP contribution in [0.5, 0.6) is 0 Å². The van der Waals surface area contributed by atoms with E-state index in [1.165, 1.54) is 0 Å². The lowest BCUT2D eigenvalue weighted by molar-refractivity contribution is -0.271. The summed E-state index contributed by atoms with van der Waals surface area (Å²) in [6, 6.07) is 0. The van der Waals surface area contributed by atoms with Crippen LogP contribution in [0.2, 0.25) is 0 Å². The molecule has 4 unspecified atom stereocenters. The van der Waals surface area contributed by atoms with Crippen LogP contribution in [0.25, 0.3) is 0 Å². The van der Waals surface area contributed by atoms with Crippen molar-refractivity contribution in [3.05, 3.63) is 48.6 Å². The zero-order valence-corrected chi connectivity index (χ0v) is 21.2. The summed E-state index contributed by atoms with van der Waals surface area (Å²) < 4.78 is 17.6. The van der Waals surface area contributed by atoms with E-state index in [0.29, 0.717) is 0 Å². The normalized spacial score (nSPS) is 39.3. The molecule has 2 saturated heterocycles. The van der Waals surface area contributed by atoms with Crippen molar-refractivity contribution >= 4 is 0 Å². The maximum absolute atomic E-state index is 10.7. The minimum absolute atomic E-state index is 0.620. The van der Waals surface area contributed by atoms with Crippen LogP contribution >= 0.6 is 0 Å². The molecule has 11 nitrogen and oxygen atoms in total. The second-order valence-corrected chi connectivity index (χ2v) is 9.09. The number of aliphatic hydroxyl groups is 8. The number of rotatable bonds is 12. The lowest BCUT2D eigenvalue weighted by Gasteiger charge is -2.45. The van der Waals surface area contributed by atoms with Crippen molar-refractivity contribution in [3.63, 3.8) is 0 Å². The molecule has 0 radical (unpaired) electrons. The molecule has 12 atom stereocenters. The van der Waals surface area contributed by atoms with Gasteiger partial charge in [0, 0.05) is 0 Å². The lowest BCUT2D eigenvalue weighted by atomic mass is 9.90. The highest BCUT2D eigenvalue weighted by molar-refractivity contribution is 5.13. The van der Waals surface area contributed by atoms with Gasteiger partial charge in [-0.1, -0.05) is 62.5 Å². The van der Waals surface area contributed by atoms with Crippen LogP contribution in [-0.2, 0) is 14.2 Å². The highest BCUT2D eigenvalue weighted by Gasteiger charge is 2.49. The first-order valence-electron chi connectivity index (χ1n) is 12.6. The summed E-state index contributed by atoms with van der Waals surface area (Å²) >= 11 is 0. The van der Waals surface area contributed by atoms with Gasteiger partial charge in [-0.25, -0.2) is 0 Å². The number of allylic oxidation sites excluding steroid dienone is 6. The first-order valence-corrected chi connectivity index (χ1v) is 12.6. The SMILES string of the molecule is CCC=CC=CC(OC(C=CC=CCC)C1O[C@H](CO)[C@@H](O)[C@H](O)[C@H]1O)C1O[C@H](CO)[C@@H](O)[C@H](O)[C@H]1O. The Bertz CT molecular complexity index is 704. The molecule has 0 saturated carbocycles. The molecule has 0 spiro atoms. The summed E-state index contributed by atoms with van der Waals surface area (Å²) in [7, 11) is 0. The van der Waals surface area contributed by atoms with Gasteiger partial charge in [-0.3, -0.25) is 0 Å². The smallest absolute Gasteiger partial charge is 0.116 e. The van der Waals surface area contributed by atoms with Crippen LogP contribution in [0.4, 0.5) is 0 Å². The quantitative estimate of drug-likeness (QED) is 0.137. The molecular weight excluding hydrogens is 488 g/mol. The molecule has 0 aromatic rings. The van der Waals surface area contributed by atoms with Crippen molar-refractivity contribution in [3.8, 4) is 0 Å². The summed E-state index contributed by atoms with van der Waals surface area (Å²) in [6.07, 6.45) is -1.45. The van der Waals surface area contributed by atoms with Gasteiger partial charge in [-0.2, -0.15) is 0 Å². The molecule has 0 aromatic heterocycles. The van der Waals surface area contributed by atoms with Crippen LogP contribution in [0.3, 0.4) is 0 Å². The fraction of sp³-hybridized carbons (Fsp3) is 0.692. The van der Waals surface area contributed by atoms with E-state index < -0.39 is 86.5 Å². The van der Waals surface area contributed by atoms with Crippen LogP contribution in [0.1, 0.15) is 26.7 Å². The largest absolute Gasteiger partial charge is 0.394 e. The first kappa shape index (κ1) is 31.7. The fourth-order valence-corrected chi connectivity index (χ4v) is 4.23. The Morgan fingerprint density at radius 2 is 0.973 bits per heavy atom. The molecule has 212 valence electrons. The minimum atomic E-state index is -1.63. The fourth-order valence-electron chi connectivity index (χ4n) is 4.23. The molecule has 11 heteroatoms. The lowest BCUT2D eigenvalue weighted by Crippen LogP contribution is -2.64. The topological polar surface area (TPSA) is 190 Å². The van der Waals surface area contributed by atoms with E-state index in [4.69, 9.17) is 14.2 Å². The number of hydrogen-bond donors (Lipinski definition) is 8. The summed E-state index contributed by atoms with van der Waals surface area (Å²) in [6.45, 7) is 2.65. The first-order chi connectivity index (χ1) is 17.7. The second-order valence-electron chi connectivity index (χ2n) is 9.09. The van der Waals surface area contributed by atoms with E-state index >= 15 is 0 Å². The predicted octanol–water partition coefficient (Wildman–Crippen LogP) is -1.53. The average Bonchev–Trinajstić information content (AvgIpc) is 2.90. The Balaban J connectivity index is 2.44. The van der Waals surface area contributed by atoms with Crippen molar-refractivity contribution in [2.75, 3.05) is 13.2 Å². The van der Waals surface area contributed by atoms with Crippen molar-refractivity contribution in [2.45, 2.75) is 99.9 Å². The van der Waals surface area contributed by atoms with Crippen molar-refractivity contribution < 1.29 is 55.1 Å². The third-order valence-corrected chi connectivity index (χ3v) is 6.39. The minimum Gasteiger partial charge on any atom is -0.394 e. The molecule has 0 aromatic carbocycles. The van der Waals surface area contributed by atoms with E-state index in [1.807, 2.05) is 26.0 Å². The van der Waals surface area contributed by atoms with Crippen LogP contribution in [0, 0.1) is 0 Å². The maximum Gasteiger partial charge on any atom is 0.116 e. The van der Waals surface area contributed by atoms with Gasteiger partial charge in [0.15, 0.2) is 0 Å². The van der Waals surface area contributed by atoms with Gasteiger partial charge < -0.3 is 55.1 Å². The molecular formula is C26H42O11. The number of aliphatic hydroxyl groups excluding tert-OH is 8. The number of hydrogen-bond acceptors (Lipinski definition) is 11. The summed E-state index contributed by atoms with van der Waals surface area (Å²) in [5.41, 5.74) is 0. The average molecular weight is 531 g/mol. The van der Waals surface area contributed by atoms with Crippen LogP contribution in [0.15, 0.2) is 48.6 Å². The predicted molar refractivity (Wildman–Crippen MR) is 133 cm³/mol. The molecule has 37 heavy (non-hydrogen) atoms. The Morgan fingerprint density at radius 3 is 1.30 bits per heavy atom. The van der Waals surface area contributed by atoms with Crippen LogP contribution < -0.4 is 0 Å². The summed E-state index contributed by atoms with van der Waals surface area (Å²) in [4.78, 5) is 0. The monoisotopic (exact) mass is 530 g/mol. The van der Waals surface area contributed by atoms with E-state index in [0.717, 1.165) is 12.8 Å². The molecule has 2 fully saturated rings. The van der Waals surface area contributed by atoms with E-state index in [1.54, 1.807) is 36.5 Å². The third-order valence-electron chi connectivity index (χ3n) is 6.39. The van der Waals surface area contributed by atoms with Crippen molar-refractivity contribution in [2.24, 2.45) is 0 Å². The Labute approximate surface area is 217 Å². The van der Waals surface area contributed by atoms with Crippen molar-refractivity contribution in [1.82, 2.24) is 0 Å². The Morgan fingerprint density at radius 1 is 0.595 bits per heavy atom. The standard InChI is InChI=1S/C26H42O11/c1-3-5-7-9-11-15(25-23(33)21(31)19(29)17(13-27)36-25)35-16(12-10-8-6-4-2)26-24(34)22(32)20(30)18(14-28)37-26/h5-12,15-34H,3-4,13-14H2,1-2H3/t15?,16?,17-,18-,19-,20-,21+,22+,23-,24-,25?,26?/m1/s1. The molecule has 2 aliphatic heterocycles. The second kappa shape index (κ2) is 15.8. The number of ether oxygens (including phenoxy) is 3. The van der Waals surface area contributed by atoms with Gasteiger partial charge in [0.05, 0.1) is 13.2 Å². The van der Waals surface area contributed by atoms with Gasteiger partial charge in [-0.15, -0.1) is 0 Å². The molecule has 0 amide bonds. The summed E-state index contributed by atoms with van der Waals surface area (Å²) in [5, 5.41) is 81.7. The highest BCUT2D eigenvalue weighted by atomic mass is 16.6. The van der Waals surface area contributed by atoms with Gasteiger partial charge in [0.2, 0.25) is 0 Å². The molecule has 0 bridgehead atoms. The van der Waals surface area contributed by atoms with Crippen molar-refractivity contribution in [1.29, 1.82) is 0 Å². The Kier molecular flexibility index (Phi) is 13.6. The molecule has 2 aliphatic rings. The molecule has 2 rings (SSSR count). The zero-order chi connectivity index (χ0) is 27.5. The Hall–Kier alpha value is -1.48. The maximum atomic E-state index is 10.7. The highest BCUT2D eigenvalue weighted by Crippen LogP contribution is 2.30. The van der Waals surface area contributed by atoms with Gasteiger partial charge in [0.25, 0.3) is 0 Å². The van der Waals surface area contributed by atoms with E-state index in [9.17, 15) is 40.9 Å². The molecule has 8 N–H and O–H groups in total. The van der Waals surface area contributed by atoms with E-state index in [2.05, 4.69) is 0 Å². The molecule has 0 aliphatic carbocycles. The van der Waals surface area contributed by atoms with Gasteiger partial charge in [0.1, 0.15) is 73.2 Å². The zero-order valence-electron chi connectivity index (χ0n) is 21.2. The van der Waals surface area contributed by atoms with Gasteiger partial charge >= 0.3 is 0 Å².